The lowest BCUT2D eigenvalue weighted by Crippen LogP contribution is -2.53. The van der Waals surface area contributed by atoms with Crippen molar-refractivity contribution < 1.29 is 8.95 Å². The zero-order chi connectivity index (χ0) is 10.1. The monoisotopic (exact) mass is 290 g/mol. The Morgan fingerprint density at radius 1 is 1.31 bits per heavy atom. The summed E-state index contributed by atoms with van der Waals surface area (Å²) in [5.74, 6) is 1.40. The predicted molar refractivity (Wildman–Crippen MR) is 71.5 cm³/mol. The van der Waals surface area contributed by atoms with E-state index < -0.39 is 9.73 Å². The molecule has 2 heterocycles. The lowest BCUT2D eigenvalue weighted by molar-refractivity contribution is -0.0711. The Morgan fingerprint density at radius 3 is 2.38 bits per heavy atom. The highest BCUT2D eigenvalue weighted by molar-refractivity contribution is 7.93. The topological polar surface area (TPSA) is 50.7 Å². The van der Waals surface area contributed by atoms with Crippen LogP contribution in [0.25, 0.3) is 0 Å². The van der Waals surface area contributed by atoms with Crippen molar-refractivity contribution in [3.63, 3.8) is 0 Å². The number of hydrogen-bond acceptors (Lipinski definition) is 4. The van der Waals surface area contributed by atoms with Crippen molar-refractivity contribution in [2.24, 2.45) is 4.36 Å². The van der Waals surface area contributed by atoms with Crippen LogP contribution in [0.4, 0.5) is 0 Å². The normalized spacial score (nSPS) is 38.3. The predicted octanol–water partition coefficient (Wildman–Crippen LogP) is 1.08. The van der Waals surface area contributed by atoms with Crippen LogP contribution in [-0.2, 0) is 14.5 Å². The maximum atomic E-state index is 12.0. The van der Waals surface area contributed by atoms with Gasteiger partial charge in [0.05, 0.1) is 12.2 Å². The molecule has 0 aromatic rings. The summed E-state index contributed by atoms with van der Waals surface area (Å²) in [6.45, 7) is 2.63. The number of morpholine rings is 1. The number of nitrogens with zero attached hydrogens (tertiary/aromatic N) is 1. The van der Waals surface area contributed by atoms with Gasteiger partial charge in [-0.25, -0.2) is 8.57 Å². The molecular formula is C9H20Cl2N2O2S. The number of rotatable bonds is 0. The van der Waals surface area contributed by atoms with Gasteiger partial charge in [-0.2, -0.15) is 0 Å². The van der Waals surface area contributed by atoms with Gasteiger partial charge in [-0.05, 0) is 12.8 Å². The molecule has 4 nitrogen and oxygen atoms in total. The molecule has 16 heavy (non-hydrogen) atoms. The molecular weight excluding hydrogens is 271 g/mol. The van der Waals surface area contributed by atoms with Gasteiger partial charge in [-0.1, -0.05) is 0 Å². The van der Waals surface area contributed by atoms with Crippen molar-refractivity contribution in [1.29, 1.82) is 0 Å². The number of halogens is 2. The molecule has 0 atom stereocenters. The van der Waals surface area contributed by atoms with Crippen molar-refractivity contribution >= 4 is 34.5 Å². The largest absolute Gasteiger partial charge is 0.372 e. The highest BCUT2D eigenvalue weighted by Gasteiger charge is 2.38. The average Bonchev–Trinajstić information content (AvgIpc) is 2.25. The Kier molecular flexibility index (Phi) is 6.58. The van der Waals surface area contributed by atoms with E-state index in [4.69, 9.17) is 4.74 Å². The van der Waals surface area contributed by atoms with Gasteiger partial charge in [0.1, 0.15) is 0 Å². The van der Waals surface area contributed by atoms with Crippen LogP contribution >= 0.6 is 24.8 Å². The molecule has 1 N–H and O–H groups in total. The summed E-state index contributed by atoms with van der Waals surface area (Å²) in [5, 5.41) is 3.34. The molecule has 0 bridgehead atoms. The second-order valence-electron chi connectivity index (χ2n) is 4.07. The van der Waals surface area contributed by atoms with Crippen LogP contribution in [-0.4, -0.2) is 48.1 Å². The Bertz CT molecular complexity index is 307. The lowest BCUT2D eigenvalue weighted by atomic mass is 9.95. The number of hydrogen-bond donors (Lipinski definition) is 1. The minimum atomic E-state index is -1.89. The first-order chi connectivity index (χ1) is 6.68. The molecule has 2 aliphatic rings. The lowest BCUT2D eigenvalue weighted by Gasteiger charge is -2.41. The van der Waals surface area contributed by atoms with Crippen LogP contribution in [0, 0.1) is 0 Å². The summed E-state index contributed by atoms with van der Waals surface area (Å²) in [6.07, 6.45) is 1.77. The van der Waals surface area contributed by atoms with E-state index in [1.807, 2.05) is 0 Å². The molecule has 2 saturated heterocycles. The van der Waals surface area contributed by atoms with Gasteiger partial charge in [0.15, 0.2) is 0 Å². The van der Waals surface area contributed by atoms with Crippen LogP contribution in [0.1, 0.15) is 12.8 Å². The molecule has 0 unspecified atom stereocenters. The Hall–Kier alpha value is 0.450. The van der Waals surface area contributed by atoms with Gasteiger partial charge in [0.2, 0.25) is 0 Å². The molecule has 0 aromatic carbocycles. The minimum absolute atomic E-state index is 0. The number of nitrogens with one attached hydrogen (secondary N) is 1. The van der Waals surface area contributed by atoms with Crippen molar-refractivity contribution in [1.82, 2.24) is 5.32 Å². The molecule has 2 fully saturated rings. The molecule has 0 aromatic heterocycles. The average molecular weight is 291 g/mol. The van der Waals surface area contributed by atoms with Gasteiger partial charge in [-0.15, -0.1) is 24.8 Å². The highest BCUT2D eigenvalue weighted by Crippen LogP contribution is 2.29. The first-order valence-electron chi connectivity index (χ1n) is 5.13. The fourth-order valence-corrected chi connectivity index (χ4v) is 4.08. The third-order valence-electron chi connectivity index (χ3n) is 3.22. The third kappa shape index (κ3) is 3.47. The summed E-state index contributed by atoms with van der Waals surface area (Å²) in [7, 11) is -0.219. The van der Waals surface area contributed by atoms with Crippen LogP contribution in [0.3, 0.4) is 0 Å². The van der Waals surface area contributed by atoms with Crippen molar-refractivity contribution in [3.8, 4) is 0 Å². The second kappa shape index (κ2) is 6.40. The van der Waals surface area contributed by atoms with E-state index in [9.17, 15) is 4.21 Å². The molecule has 1 spiro atoms. The standard InChI is InChI=1S/C9H18N2O2S.2ClH/c1-10-14(12)6-2-9(3-7-14)8-11-4-5-13-9;;/h11H,2-8H2,1H3;2*1H. The molecule has 7 heteroatoms. The first kappa shape index (κ1) is 16.4. The molecule has 2 aliphatic heterocycles. The third-order valence-corrected chi connectivity index (χ3v) is 5.57. The first-order valence-corrected chi connectivity index (χ1v) is 6.99. The van der Waals surface area contributed by atoms with E-state index in [0.29, 0.717) is 11.5 Å². The molecule has 0 saturated carbocycles. The van der Waals surface area contributed by atoms with Crippen molar-refractivity contribution in [2.45, 2.75) is 18.4 Å². The van der Waals surface area contributed by atoms with Gasteiger partial charge in [0, 0.05) is 41.4 Å². The van der Waals surface area contributed by atoms with E-state index in [2.05, 4.69) is 9.68 Å². The molecule has 0 amide bonds. The van der Waals surface area contributed by atoms with Crippen LogP contribution < -0.4 is 5.32 Å². The van der Waals surface area contributed by atoms with Gasteiger partial charge < -0.3 is 10.1 Å². The Balaban J connectivity index is 0.00000112. The molecule has 0 aliphatic carbocycles. The van der Waals surface area contributed by atoms with Crippen molar-refractivity contribution in [2.75, 3.05) is 38.2 Å². The quantitative estimate of drug-likeness (QED) is 0.726. The maximum Gasteiger partial charge on any atom is 0.0825 e. The summed E-state index contributed by atoms with van der Waals surface area (Å²) in [5.41, 5.74) is -0.0378. The summed E-state index contributed by atoms with van der Waals surface area (Å²) >= 11 is 0. The van der Waals surface area contributed by atoms with E-state index in [1.54, 1.807) is 7.05 Å². The molecule has 0 radical (unpaired) electrons. The Morgan fingerprint density at radius 2 is 1.94 bits per heavy atom. The minimum Gasteiger partial charge on any atom is -0.372 e. The summed E-state index contributed by atoms with van der Waals surface area (Å²) in [6, 6.07) is 0. The molecule has 2 rings (SSSR count). The molecule has 98 valence electrons. The van der Waals surface area contributed by atoms with E-state index in [0.717, 1.165) is 32.5 Å². The van der Waals surface area contributed by atoms with Crippen LogP contribution in [0.2, 0.25) is 0 Å². The van der Waals surface area contributed by atoms with E-state index in [-0.39, 0.29) is 30.4 Å². The van der Waals surface area contributed by atoms with E-state index >= 15 is 0 Å². The zero-order valence-corrected chi connectivity index (χ0v) is 11.9. The van der Waals surface area contributed by atoms with Gasteiger partial charge >= 0.3 is 0 Å². The highest BCUT2D eigenvalue weighted by atomic mass is 35.5. The van der Waals surface area contributed by atoms with Crippen molar-refractivity contribution in [3.05, 3.63) is 0 Å². The summed E-state index contributed by atoms with van der Waals surface area (Å²) < 4.78 is 21.8. The van der Waals surface area contributed by atoms with E-state index in [1.165, 1.54) is 0 Å². The number of ether oxygens (including phenoxy) is 1. The fourth-order valence-electron chi connectivity index (χ4n) is 2.13. The second-order valence-corrected chi connectivity index (χ2v) is 6.80. The van der Waals surface area contributed by atoms with Crippen LogP contribution in [0.15, 0.2) is 4.36 Å². The Labute approximate surface area is 110 Å². The maximum absolute atomic E-state index is 12.0. The summed E-state index contributed by atoms with van der Waals surface area (Å²) in [4.78, 5) is 0. The zero-order valence-electron chi connectivity index (χ0n) is 9.44. The van der Waals surface area contributed by atoms with Crippen LogP contribution in [0.5, 0.6) is 0 Å². The van der Waals surface area contributed by atoms with Gasteiger partial charge in [0.25, 0.3) is 0 Å². The smallest absolute Gasteiger partial charge is 0.0825 e. The fraction of sp³-hybridized carbons (Fsp3) is 1.00. The van der Waals surface area contributed by atoms with Gasteiger partial charge in [-0.3, -0.25) is 0 Å². The SMILES string of the molecule is CN=S1(=O)CCC2(CC1)CNCCO2.Cl.Cl.